The average molecular weight is 450 g/mol. The third kappa shape index (κ3) is 5.27. The van der Waals surface area contributed by atoms with Crippen LogP contribution in [0, 0.1) is 6.92 Å². The maximum absolute atomic E-state index is 12.9. The van der Waals surface area contributed by atoms with E-state index in [4.69, 9.17) is 4.74 Å². The lowest BCUT2D eigenvalue weighted by Gasteiger charge is -2.12. The average Bonchev–Trinajstić information content (AvgIpc) is 2.88. The Morgan fingerprint density at radius 3 is 2.06 bits per heavy atom. The summed E-state index contributed by atoms with van der Waals surface area (Å²) in [7, 11) is 0. The van der Waals surface area contributed by atoms with E-state index in [0.29, 0.717) is 11.3 Å². The lowest BCUT2D eigenvalue weighted by molar-refractivity contribution is -0.119. The summed E-state index contributed by atoms with van der Waals surface area (Å²) in [6.07, 6.45) is 0. The van der Waals surface area contributed by atoms with Crippen molar-refractivity contribution in [2.75, 3.05) is 11.9 Å². The molecular weight excluding hydrogens is 426 g/mol. The number of para-hydroxylation sites is 1. The molecule has 0 atom stereocenters. The van der Waals surface area contributed by atoms with Crippen LogP contribution >= 0.6 is 0 Å². The fourth-order valence-corrected chi connectivity index (χ4v) is 3.58. The molecule has 0 bridgehead atoms. The van der Waals surface area contributed by atoms with E-state index in [0.717, 1.165) is 16.7 Å². The first-order valence-electron chi connectivity index (χ1n) is 10.8. The zero-order valence-corrected chi connectivity index (χ0v) is 18.7. The van der Waals surface area contributed by atoms with Gasteiger partial charge in [0.15, 0.2) is 12.4 Å². The maximum Gasteiger partial charge on any atom is 0.339 e. The summed E-state index contributed by atoms with van der Waals surface area (Å²) < 4.78 is 5.25. The van der Waals surface area contributed by atoms with Gasteiger partial charge in [-0.1, -0.05) is 96.6 Å². The van der Waals surface area contributed by atoms with Crippen LogP contribution in [0.5, 0.6) is 0 Å². The molecule has 0 radical (unpaired) electrons. The third-order valence-electron chi connectivity index (χ3n) is 5.33. The number of esters is 1. The van der Waals surface area contributed by atoms with Gasteiger partial charge in [0.25, 0.3) is 5.91 Å². The first kappa shape index (κ1) is 22.7. The normalized spacial score (nSPS) is 10.4. The monoisotopic (exact) mass is 449 g/mol. The minimum absolute atomic E-state index is 0.116. The van der Waals surface area contributed by atoms with Crippen LogP contribution in [0.2, 0.25) is 0 Å². The van der Waals surface area contributed by atoms with Crippen molar-refractivity contribution in [1.82, 2.24) is 0 Å². The van der Waals surface area contributed by atoms with E-state index in [-0.39, 0.29) is 16.9 Å². The van der Waals surface area contributed by atoms with E-state index in [1.54, 1.807) is 36.4 Å². The van der Waals surface area contributed by atoms with Crippen molar-refractivity contribution in [3.8, 4) is 11.1 Å². The largest absolute Gasteiger partial charge is 0.452 e. The SMILES string of the molecule is Cc1ccc(C(=O)c2ccccc2C(=O)OCC(=O)Nc2ccccc2-c2ccccc2)cc1. The second-order valence-corrected chi connectivity index (χ2v) is 7.78. The number of nitrogens with one attached hydrogen (secondary N) is 1. The molecule has 4 aromatic rings. The highest BCUT2D eigenvalue weighted by Gasteiger charge is 2.20. The van der Waals surface area contributed by atoms with Crippen LogP contribution < -0.4 is 5.32 Å². The summed E-state index contributed by atoms with van der Waals surface area (Å²) in [5, 5.41) is 2.80. The molecule has 0 saturated carbocycles. The zero-order chi connectivity index (χ0) is 23.9. The molecule has 0 aliphatic carbocycles. The zero-order valence-electron chi connectivity index (χ0n) is 18.7. The van der Waals surface area contributed by atoms with Crippen LogP contribution in [0.1, 0.15) is 31.8 Å². The molecule has 5 nitrogen and oxygen atoms in total. The van der Waals surface area contributed by atoms with Gasteiger partial charge in [-0.05, 0) is 24.6 Å². The quantitative estimate of drug-likeness (QED) is 0.291. The number of rotatable bonds is 7. The molecule has 1 N–H and O–H groups in total. The van der Waals surface area contributed by atoms with E-state index >= 15 is 0 Å². The lowest BCUT2D eigenvalue weighted by atomic mass is 9.98. The Morgan fingerprint density at radius 2 is 1.32 bits per heavy atom. The van der Waals surface area contributed by atoms with Gasteiger partial charge in [0.2, 0.25) is 0 Å². The number of amides is 1. The van der Waals surface area contributed by atoms with Gasteiger partial charge in [0, 0.05) is 22.4 Å². The van der Waals surface area contributed by atoms with Gasteiger partial charge in [-0.25, -0.2) is 4.79 Å². The molecule has 4 rings (SSSR count). The van der Waals surface area contributed by atoms with Gasteiger partial charge >= 0.3 is 5.97 Å². The predicted octanol–water partition coefficient (Wildman–Crippen LogP) is 5.69. The highest BCUT2D eigenvalue weighted by Crippen LogP contribution is 2.27. The second-order valence-electron chi connectivity index (χ2n) is 7.78. The van der Waals surface area contributed by atoms with Crippen molar-refractivity contribution in [3.63, 3.8) is 0 Å². The number of aryl methyl sites for hydroxylation is 1. The van der Waals surface area contributed by atoms with Gasteiger partial charge in [0.05, 0.1) is 5.56 Å². The summed E-state index contributed by atoms with van der Waals surface area (Å²) in [4.78, 5) is 38.2. The van der Waals surface area contributed by atoms with E-state index in [2.05, 4.69) is 5.32 Å². The van der Waals surface area contributed by atoms with Crippen LogP contribution in [-0.4, -0.2) is 24.3 Å². The highest BCUT2D eigenvalue weighted by molar-refractivity contribution is 6.14. The number of anilines is 1. The summed E-state index contributed by atoms with van der Waals surface area (Å²) in [5.41, 5.74) is 4.28. The van der Waals surface area contributed by atoms with Gasteiger partial charge in [0.1, 0.15) is 0 Å². The van der Waals surface area contributed by atoms with Crippen molar-refractivity contribution in [3.05, 3.63) is 125 Å². The molecule has 1 amide bonds. The van der Waals surface area contributed by atoms with E-state index < -0.39 is 18.5 Å². The number of ether oxygens (including phenoxy) is 1. The summed E-state index contributed by atoms with van der Waals surface area (Å²) in [6, 6.07) is 30.6. The van der Waals surface area contributed by atoms with E-state index in [1.165, 1.54) is 6.07 Å². The number of carbonyl (C=O) groups is 3. The molecule has 0 spiro atoms. The number of benzene rings is 4. The fourth-order valence-electron chi connectivity index (χ4n) is 3.58. The molecule has 168 valence electrons. The van der Waals surface area contributed by atoms with Gasteiger partial charge in [-0.15, -0.1) is 0 Å². The molecule has 0 aromatic heterocycles. The van der Waals surface area contributed by atoms with Crippen LogP contribution in [0.25, 0.3) is 11.1 Å². The molecule has 0 unspecified atom stereocenters. The van der Waals surface area contributed by atoms with Gasteiger partial charge in [-0.3, -0.25) is 9.59 Å². The Kier molecular flexibility index (Phi) is 6.94. The topological polar surface area (TPSA) is 72.5 Å². The van der Waals surface area contributed by atoms with Crippen molar-refractivity contribution >= 4 is 23.3 Å². The molecule has 34 heavy (non-hydrogen) atoms. The Labute approximate surface area is 198 Å². The second kappa shape index (κ2) is 10.4. The van der Waals surface area contributed by atoms with Crippen molar-refractivity contribution in [2.24, 2.45) is 0 Å². The molecule has 5 heteroatoms. The van der Waals surface area contributed by atoms with Crippen LogP contribution in [-0.2, 0) is 9.53 Å². The van der Waals surface area contributed by atoms with Crippen LogP contribution in [0.4, 0.5) is 5.69 Å². The smallest absolute Gasteiger partial charge is 0.339 e. The lowest BCUT2D eigenvalue weighted by Crippen LogP contribution is -2.22. The fraction of sp³-hybridized carbons (Fsp3) is 0.0690. The first-order valence-corrected chi connectivity index (χ1v) is 10.8. The van der Waals surface area contributed by atoms with E-state index in [1.807, 2.05) is 67.6 Å². The first-order chi connectivity index (χ1) is 16.5. The van der Waals surface area contributed by atoms with Gasteiger partial charge < -0.3 is 10.1 Å². The Balaban J connectivity index is 1.45. The Bertz CT molecular complexity index is 1330. The number of carbonyl (C=O) groups excluding carboxylic acids is 3. The maximum atomic E-state index is 12.9. The van der Waals surface area contributed by atoms with Gasteiger partial charge in [-0.2, -0.15) is 0 Å². The highest BCUT2D eigenvalue weighted by atomic mass is 16.5. The minimum atomic E-state index is -0.734. The molecular formula is C29H23NO4. The van der Waals surface area contributed by atoms with Crippen LogP contribution in [0.15, 0.2) is 103 Å². The standard InChI is InChI=1S/C29H23NO4/c1-20-15-17-22(18-16-20)28(32)24-12-5-6-13-25(24)29(33)34-19-27(31)30-26-14-8-7-11-23(26)21-9-3-2-4-10-21/h2-18H,19H2,1H3,(H,30,31). The molecule has 0 heterocycles. The minimum Gasteiger partial charge on any atom is -0.452 e. The Hall–Kier alpha value is -4.51. The van der Waals surface area contributed by atoms with Crippen LogP contribution in [0.3, 0.4) is 0 Å². The Morgan fingerprint density at radius 1 is 0.706 bits per heavy atom. The summed E-state index contributed by atoms with van der Waals surface area (Å²) in [6.45, 7) is 1.46. The van der Waals surface area contributed by atoms with Crippen molar-refractivity contribution < 1.29 is 19.1 Å². The molecule has 0 aliphatic heterocycles. The van der Waals surface area contributed by atoms with Crippen molar-refractivity contribution in [2.45, 2.75) is 6.92 Å². The molecule has 0 saturated heterocycles. The number of ketones is 1. The number of hydrogen-bond acceptors (Lipinski definition) is 4. The molecule has 0 fully saturated rings. The molecule has 0 aliphatic rings. The molecule has 4 aromatic carbocycles. The summed E-state index contributed by atoms with van der Waals surface area (Å²) >= 11 is 0. The van der Waals surface area contributed by atoms with Crippen molar-refractivity contribution in [1.29, 1.82) is 0 Å². The van der Waals surface area contributed by atoms with E-state index in [9.17, 15) is 14.4 Å². The predicted molar refractivity (Wildman–Crippen MR) is 132 cm³/mol. The summed E-state index contributed by atoms with van der Waals surface area (Å²) in [5.74, 6) is -1.49. The number of hydrogen-bond donors (Lipinski definition) is 1. The third-order valence-corrected chi connectivity index (χ3v) is 5.33.